The summed E-state index contributed by atoms with van der Waals surface area (Å²) < 4.78 is 5.25. The van der Waals surface area contributed by atoms with E-state index in [1.807, 2.05) is 13.0 Å². The van der Waals surface area contributed by atoms with Crippen LogP contribution in [-0.2, 0) is 4.74 Å². The number of nitrogens with zero attached hydrogens (tertiary/aromatic N) is 1. The van der Waals surface area contributed by atoms with Crippen molar-refractivity contribution in [3.63, 3.8) is 0 Å². The van der Waals surface area contributed by atoms with Crippen LogP contribution in [0, 0.1) is 0 Å². The molecule has 0 aromatic carbocycles. The molecule has 1 aliphatic heterocycles. The first kappa shape index (κ1) is 9.00. The summed E-state index contributed by atoms with van der Waals surface area (Å²) >= 11 is 0. The van der Waals surface area contributed by atoms with Crippen LogP contribution in [0.4, 0.5) is 0 Å². The molecule has 0 atom stereocenters. The van der Waals surface area contributed by atoms with Gasteiger partial charge in [0.05, 0.1) is 25.2 Å². The molecule has 0 aromatic heterocycles. The number of allylic oxidation sites excluding steroid dienone is 2. The average molecular weight is 166 g/mol. The highest BCUT2D eigenvalue weighted by molar-refractivity contribution is 5.54. The predicted octanol–water partition coefficient (Wildman–Crippen LogP) is 1.22. The van der Waals surface area contributed by atoms with E-state index in [9.17, 15) is 0 Å². The third-order valence-electron chi connectivity index (χ3n) is 1.72. The molecule has 3 heteroatoms. The molecule has 0 bridgehead atoms. The van der Waals surface area contributed by atoms with Crippen LogP contribution in [0.2, 0.25) is 0 Å². The largest absolute Gasteiger partial charge is 0.390 e. The van der Waals surface area contributed by atoms with Crippen molar-refractivity contribution in [1.82, 2.24) is 0 Å². The molecular formula is C9H14N2O. The topological polar surface area (TPSA) is 47.6 Å². The van der Waals surface area contributed by atoms with Gasteiger partial charge in [0.2, 0.25) is 0 Å². The van der Waals surface area contributed by atoms with Crippen molar-refractivity contribution < 1.29 is 4.74 Å². The van der Waals surface area contributed by atoms with Crippen molar-refractivity contribution in [2.45, 2.75) is 13.3 Å². The second-order valence-corrected chi connectivity index (χ2v) is 2.55. The van der Waals surface area contributed by atoms with Gasteiger partial charge in [-0.2, -0.15) is 0 Å². The van der Waals surface area contributed by atoms with E-state index >= 15 is 0 Å². The molecule has 0 saturated heterocycles. The Bertz CT molecular complexity index is 205. The van der Waals surface area contributed by atoms with Gasteiger partial charge in [-0.05, 0) is 18.9 Å². The van der Waals surface area contributed by atoms with E-state index in [4.69, 9.17) is 10.5 Å². The molecule has 2 N–H and O–H groups in total. The maximum absolute atomic E-state index is 5.25. The molecule has 1 rings (SSSR count). The number of aliphatic imine (C=N–C) groups is 1. The summed E-state index contributed by atoms with van der Waals surface area (Å²) in [6.07, 6.45) is 6.31. The molecule has 1 heterocycles. The maximum atomic E-state index is 5.25. The van der Waals surface area contributed by atoms with Crippen LogP contribution >= 0.6 is 0 Å². The molecule has 0 saturated carbocycles. The minimum atomic E-state index is 0.577. The zero-order valence-electron chi connectivity index (χ0n) is 7.29. The Morgan fingerprint density at radius 3 is 3.08 bits per heavy atom. The lowest BCUT2D eigenvalue weighted by molar-refractivity contribution is 0.147. The first-order chi connectivity index (χ1) is 5.88. The Labute approximate surface area is 72.6 Å². The fourth-order valence-electron chi connectivity index (χ4n) is 1.18. The predicted molar refractivity (Wildman–Crippen MR) is 50.0 cm³/mol. The van der Waals surface area contributed by atoms with Gasteiger partial charge in [0.25, 0.3) is 0 Å². The second kappa shape index (κ2) is 4.72. The third-order valence-corrected chi connectivity index (χ3v) is 1.72. The highest BCUT2D eigenvalue weighted by Crippen LogP contribution is 2.17. The van der Waals surface area contributed by atoms with Gasteiger partial charge in [0.1, 0.15) is 0 Å². The zero-order chi connectivity index (χ0) is 8.81. The number of nitrogens with two attached hydrogens (primary N) is 1. The minimum absolute atomic E-state index is 0.577. The third kappa shape index (κ3) is 2.20. The summed E-state index contributed by atoms with van der Waals surface area (Å²) in [4.78, 5) is 4.04. The van der Waals surface area contributed by atoms with Gasteiger partial charge in [0, 0.05) is 0 Å². The molecule has 0 unspecified atom stereocenters. The lowest BCUT2D eigenvalue weighted by atomic mass is 10.1. The number of hydrogen-bond donors (Lipinski definition) is 1. The van der Waals surface area contributed by atoms with Crippen LogP contribution in [0.15, 0.2) is 28.4 Å². The zero-order valence-corrected chi connectivity index (χ0v) is 7.29. The second-order valence-electron chi connectivity index (χ2n) is 2.55. The van der Waals surface area contributed by atoms with E-state index < -0.39 is 0 Å². The van der Waals surface area contributed by atoms with Gasteiger partial charge in [-0.3, -0.25) is 0 Å². The SMILES string of the molecule is C/C=C/C1=C(/N=C\N)COCC1. The van der Waals surface area contributed by atoms with E-state index in [-0.39, 0.29) is 0 Å². The quantitative estimate of drug-likeness (QED) is 0.495. The molecule has 0 spiro atoms. The number of hydrogen-bond acceptors (Lipinski definition) is 2. The van der Waals surface area contributed by atoms with Crippen LogP contribution in [0.3, 0.4) is 0 Å². The first-order valence-electron chi connectivity index (χ1n) is 4.05. The van der Waals surface area contributed by atoms with Crippen molar-refractivity contribution in [2.75, 3.05) is 13.2 Å². The molecule has 0 radical (unpaired) electrons. The minimum Gasteiger partial charge on any atom is -0.390 e. The summed E-state index contributed by atoms with van der Waals surface area (Å²) in [6.45, 7) is 3.35. The number of ether oxygens (including phenoxy) is 1. The van der Waals surface area contributed by atoms with Crippen LogP contribution in [0.1, 0.15) is 13.3 Å². The highest BCUT2D eigenvalue weighted by Gasteiger charge is 2.08. The Hall–Kier alpha value is -1.09. The van der Waals surface area contributed by atoms with Crippen molar-refractivity contribution in [3.05, 3.63) is 23.4 Å². The lowest BCUT2D eigenvalue weighted by Gasteiger charge is -2.14. The van der Waals surface area contributed by atoms with Gasteiger partial charge in [0.15, 0.2) is 0 Å². The smallest absolute Gasteiger partial charge is 0.0891 e. The van der Waals surface area contributed by atoms with E-state index in [1.165, 1.54) is 11.9 Å². The van der Waals surface area contributed by atoms with E-state index in [0.717, 1.165) is 18.7 Å². The van der Waals surface area contributed by atoms with E-state index in [1.54, 1.807) is 0 Å². The van der Waals surface area contributed by atoms with E-state index in [0.29, 0.717) is 6.61 Å². The molecule has 3 nitrogen and oxygen atoms in total. The fourth-order valence-corrected chi connectivity index (χ4v) is 1.18. The van der Waals surface area contributed by atoms with Gasteiger partial charge in [-0.1, -0.05) is 12.2 Å². The molecular weight excluding hydrogens is 152 g/mol. The van der Waals surface area contributed by atoms with Gasteiger partial charge in [-0.15, -0.1) is 0 Å². The standard InChI is InChI=1S/C9H14N2O/c1-2-3-8-4-5-12-6-9(8)11-7-10/h2-3,7H,4-6H2,1H3,(H2,10,11)/b3-2+. The van der Waals surface area contributed by atoms with Gasteiger partial charge >= 0.3 is 0 Å². The fraction of sp³-hybridized carbons (Fsp3) is 0.444. The van der Waals surface area contributed by atoms with Crippen LogP contribution in [0.5, 0.6) is 0 Å². The summed E-state index contributed by atoms with van der Waals surface area (Å²) in [7, 11) is 0. The molecule has 66 valence electrons. The molecule has 0 aliphatic carbocycles. The van der Waals surface area contributed by atoms with Crippen molar-refractivity contribution in [1.29, 1.82) is 0 Å². The van der Waals surface area contributed by atoms with E-state index in [2.05, 4.69) is 11.1 Å². The highest BCUT2D eigenvalue weighted by atomic mass is 16.5. The first-order valence-corrected chi connectivity index (χ1v) is 4.05. The molecule has 12 heavy (non-hydrogen) atoms. The average Bonchev–Trinajstić information content (AvgIpc) is 2.09. The summed E-state index contributed by atoms with van der Waals surface area (Å²) in [5.74, 6) is 0. The molecule has 0 aromatic rings. The van der Waals surface area contributed by atoms with Crippen molar-refractivity contribution in [2.24, 2.45) is 10.7 Å². The molecule has 1 aliphatic rings. The normalized spacial score (nSPS) is 19.8. The van der Waals surface area contributed by atoms with Crippen LogP contribution < -0.4 is 5.73 Å². The van der Waals surface area contributed by atoms with Gasteiger partial charge < -0.3 is 10.5 Å². The lowest BCUT2D eigenvalue weighted by Crippen LogP contribution is -2.09. The Balaban J connectivity index is 2.82. The summed E-state index contributed by atoms with van der Waals surface area (Å²) in [5, 5.41) is 0. The van der Waals surface area contributed by atoms with Crippen LogP contribution in [0.25, 0.3) is 0 Å². The Morgan fingerprint density at radius 2 is 2.42 bits per heavy atom. The maximum Gasteiger partial charge on any atom is 0.0891 e. The summed E-state index contributed by atoms with van der Waals surface area (Å²) in [5.41, 5.74) is 7.39. The van der Waals surface area contributed by atoms with Crippen molar-refractivity contribution in [3.8, 4) is 0 Å². The Kier molecular flexibility index (Phi) is 3.54. The van der Waals surface area contributed by atoms with Crippen molar-refractivity contribution >= 4 is 6.34 Å². The molecule has 0 amide bonds. The summed E-state index contributed by atoms with van der Waals surface area (Å²) in [6, 6.07) is 0. The van der Waals surface area contributed by atoms with Gasteiger partial charge in [-0.25, -0.2) is 4.99 Å². The van der Waals surface area contributed by atoms with Crippen LogP contribution in [-0.4, -0.2) is 19.6 Å². The monoisotopic (exact) mass is 166 g/mol. The molecule has 0 fully saturated rings. The Morgan fingerprint density at radius 1 is 1.58 bits per heavy atom. The number of rotatable bonds is 2.